The lowest BCUT2D eigenvalue weighted by Crippen LogP contribution is -2.45. The van der Waals surface area contributed by atoms with Crippen LogP contribution in [0.3, 0.4) is 0 Å². The Bertz CT molecular complexity index is 1020. The third kappa shape index (κ3) is 4.09. The fraction of sp³-hybridized carbons (Fsp3) is 0.273. The number of nitrogens with one attached hydrogen (secondary N) is 1. The van der Waals surface area contributed by atoms with Gasteiger partial charge < -0.3 is 10.2 Å². The van der Waals surface area contributed by atoms with Crippen molar-refractivity contribution in [1.82, 2.24) is 25.0 Å². The van der Waals surface area contributed by atoms with Crippen molar-refractivity contribution in [2.45, 2.75) is 24.0 Å². The average molecular weight is 422 g/mol. The minimum atomic E-state index is -0.380. The monoisotopic (exact) mass is 421 g/mol. The second-order valence-electron chi connectivity index (χ2n) is 6.99. The van der Waals surface area contributed by atoms with E-state index in [0.29, 0.717) is 18.1 Å². The molecule has 1 fully saturated rings. The Hall–Kier alpha value is -3.13. The molecular formula is C22H23N5O2S. The van der Waals surface area contributed by atoms with Gasteiger partial charge in [-0.3, -0.25) is 14.2 Å². The first-order valence-corrected chi connectivity index (χ1v) is 10.9. The van der Waals surface area contributed by atoms with Crippen LogP contribution in [0.25, 0.3) is 17.1 Å². The number of thioether (sulfide) groups is 1. The minimum Gasteiger partial charge on any atom is -0.357 e. The maximum atomic E-state index is 12.8. The number of carbonyl (C=O) groups excluding carboxylic acids is 2. The number of hydrogen-bond donors (Lipinski definition) is 1. The Morgan fingerprint density at radius 3 is 2.47 bits per heavy atom. The highest BCUT2D eigenvalue weighted by molar-refractivity contribution is 7.99. The third-order valence-electron chi connectivity index (χ3n) is 5.13. The average Bonchev–Trinajstić information content (AvgIpc) is 3.45. The van der Waals surface area contributed by atoms with Crippen molar-refractivity contribution in [2.24, 2.45) is 0 Å². The fourth-order valence-electron chi connectivity index (χ4n) is 3.66. The molecule has 2 heterocycles. The summed E-state index contributed by atoms with van der Waals surface area (Å²) in [6.45, 7) is 0.609. The van der Waals surface area contributed by atoms with Gasteiger partial charge in [0, 0.05) is 24.8 Å². The first-order valence-electron chi connectivity index (χ1n) is 9.89. The smallest absolute Gasteiger partial charge is 0.242 e. The van der Waals surface area contributed by atoms with Gasteiger partial charge in [-0.15, -0.1) is 10.2 Å². The number of aromatic nitrogens is 3. The molecule has 3 aromatic rings. The van der Waals surface area contributed by atoms with E-state index in [1.807, 2.05) is 65.2 Å². The van der Waals surface area contributed by atoms with Crippen molar-refractivity contribution in [2.75, 3.05) is 19.3 Å². The van der Waals surface area contributed by atoms with Crippen LogP contribution in [0.15, 0.2) is 65.8 Å². The van der Waals surface area contributed by atoms with Crippen LogP contribution in [0.5, 0.6) is 0 Å². The Morgan fingerprint density at radius 1 is 1.07 bits per heavy atom. The van der Waals surface area contributed by atoms with Gasteiger partial charge in [-0.1, -0.05) is 60.3 Å². The van der Waals surface area contributed by atoms with E-state index in [-0.39, 0.29) is 23.6 Å². The maximum Gasteiger partial charge on any atom is 0.242 e. The molecule has 1 atom stereocenters. The number of para-hydroxylation sites is 1. The lowest BCUT2D eigenvalue weighted by Gasteiger charge is -2.23. The molecule has 0 bridgehead atoms. The molecule has 0 spiro atoms. The second-order valence-corrected chi connectivity index (χ2v) is 7.93. The SMILES string of the molecule is CNC(=O)C1CCCN1C(=O)CSc1nnc(-c2ccccc2)n1-c1ccccc1. The standard InChI is InChI=1S/C22H23N5O2S/c1-23-21(29)18-13-8-14-26(18)19(28)15-30-22-25-24-20(16-9-4-2-5-10-16)27(22)17-11-6-3-7-12-17/h2-7,9-12,18H,8,13-15H2,1H3,(H,23,29). The summed E-state index contributed by atoms with van der Waals surface area (Å²) >= 11 is 1.34. The van der Waals surface area contributed by atoms with Crippen LogP contribution in [0.4, 0.5) is 0 Å². The number of benzene rings is 2. The summed E-state index contributed by atoms with van der Waals surface area (Å²) in [4.78, 5) is 26.6. The molecule has 1 aliphatic rings. The normalized spacial score (nSPS) is 15.9. The zero-order valence-electron chi connectivity index (χ0n) is 16.7. The predicted molar refractivity (Wildman–Crippen MR) is 116 cm³/mol. The van der Waals surface area contributed by atoms with E-state index >= 15 is 0 Å². The number of rotatable bonds is 6. The van der Waals surface area contributed by atoms with Crippen molar-refractivity contribution in [1.29, 1.82) is 0 Å². The summed E-state index contributed by atoms with van der Waals surface area (Å²) in [6, 6.07) is 19.3. The second kappa shape index (κ2) is 9.13. The number of carbonyl (C=O) groups is 2. The number of likely N-dealkylation sites (tertiary alicyclic amines) is 1. The van der Waals surface area contributed by atoms with E-state index in [1.165, 1.54) is 11.8 Å². The maximum absolute atomic E-state index is 12.8. The molecule has 1 N–H and O–H groups in total. The quantitative estimate of drug-likeness (QED) is 0.619. The van der Waals surface area contributed by atoms with Gasteiger partial charge in [0.15, 0.2) is 11.0 Å². The zero-order valence-corrected chi connectivity index (χ0v) is 17.5. The van der Waals surface area contributed by atoms with Crippen LogP contribution in [-0.4, -0.2) is 56.9 Å². The van der Waals surface area contributed by atoms with Crippen LogP contribution in [0, 0.1) is 0 Å². The largest absolute Gasteiger partial charge is 0.357 e. The molecule has 8 heteroatoms. The van der Waals surface area contributed by atoms with Crippen LogP contribution >= 0.6 is 11.8 Å². The van der Waals surface area contributed by atoms with Gasteiger partial charge >= 0.3 is 0 Å². The van der Waals surface area contributed by atoms with Gasteiger partial charge in [0.1, 0.15) is 6.04 Å². The van der Waals surface area contributed by atoms with Gasteiger partial charge in [-0.05, 0) is 25.0 Å². The van der Waals surface area contributed by atoms with Crippen LogP contribution in [-0.2, 0) is 9.59 Å². The van der Waals surface area contributed by atoms with Crippen molar-refractivity contribution >= 4 is 23.6 Å². The number of nitrogens with zero attached hydrogens (tertiary/aromatic N) is 4. The third-order valence-corrected chi connectivity index (χ3v) is 6.04. The van der Waals surface area contributed by atoms with E-state index in [0.717, 1.165) is 23.5 Å². The molecule has 7 nitrogen and oxygen atoms in total. The van der Waals surface area contributed by atoms with Gasteiger partial charge in [-0.25, -0.2) is 0 Å². The molecule has 2 aromatic carbocycles. The summed E-state index contributed by atoms with van der Waals surface area (Å²) in [5.41, 5.74) is 1.88. The van der Waals surface area contributed by atoms with Crippen molar-refractivity contribution in [3.63, 3.8) is 0 Å². The van der Waals surface area contributed by atoms with E-state index in [4.69, 9.17) is 0 Å². The van der Waals surface area contributed by atoms with Crippen molar-refractivity contribution < 1.29 is 9.59 Å². The van der Waals surface area contributed by atoms with Gasteiger partial charge in [0.25, 0.3) is 0 Å². The van der Waals surface area contributed by atoms with Gasteiger partial charge in [0.05, 0.1) is 5.75 Å². The predicted octanol–water partition coefficient (Wildman–Crippen LogP) is 2.76. The molecule has 0 saturated carbocycles. The molecule has 1 aliphatic heterocycles. The molecular weight excluding hydrogens is 398 g/mol. The molecule has 0 radical (unpaired) electrons. The first kappa shape index (κ1) is 20.2. The Kier molecular flexibility index (Phi) is 6.13. The van der Waals surface area contributed by atoms with Crippen molar-refractivity contribution in [3.8, 4) is 17.1 Å². The lowest BCUT2D eigenvalue weighted by molar-refractivity contribution is -0.136. The van der Waals surface area contributed by atoms with Gasteiger partial charge in [0.2, 0.25) is 11.8 Å². The Morgan fingerprint density at radius 2 is 1.77 bits per heavy atom. The highest BCUT2D eigenvalue weighted by Crippen LogP contribution is 2.28. The van der Waals surface area contributed by atoms with Crippen LogP contribution in [0.2, 0.25) is 0 Å². The van der Waals surface area contributed by atoms with E-state index in [9.17, 15) is 9.59 Å². The minimum absolute atomic E-state index is 0.0602. The topological polar surface area (TPSA) is 80.1 Å². The Balaban J connectivity index is 1.58. The molecule has 0 aliphatic carbocycles. The van der Waals surface area contributed by atoms with Crippen LogP contribution in [0.1, 0.15) is 12.8 Å². The molecule has 154 valence electrons. The molecule has 2 amide bonds. The number of hydrogen-bond acceptors (Lipinski definition) is 5. The summed E-state index contributed by atoms with van der Waals surface area (Å²) in [5.74, 6) is 0.758. The summed E-state index contributed by atoms with van der Waals surface area (Å²) in [7, 11) is 1.60. The van der Waals surface area contributed by atoms with E-state index in [2.05, 4.69) is 15.5 Å². The highest BCUT2D eigenvalue weighted by atomic mass is 32.2. The molecule has 4 rings (SSSR count). The number of amides is 2. The lowest BCUT2D eigenvalue weighted by atomic mass is 10.2. The molecule has 1 unspecified atom stereocenters. The van der Waals surface area contributed by atoms with E-state index in [1.54, 1.807) is 11.9 Å². The van der Waals surface area contributed by atoms with Crippen LogP contribution < -0.4 is 5.32 Å². The molecule has 1 saturated heterocycles. The summed E-state index contributed by atoms with van der Waals surface area (Å²) in [5, 5.41) is 12.1. The first-order chi connectivity index (χ1) is 14.7. The van der Waals surface area contributed by atoms with Gasteiger partial charge in [-0.2, -0.15) is 0 Å². The van der Waals surface area contributed by atoms with E-state index < -0.39 is 0 Å². The van der Waals surface area contributed by atoms with Crippen molar-refractivity contribution in [3.05, 3.63) is 60.7 Å². The molecule has 30 heavy (non-hydrogen) atoms. The number of likely N-dealkylation sites (N-methyl/N-ethyl adjacent to an activating group) is 1. The summed E-state index contributed by atoms with van der Waals surface area (Å²) in [6.07, 6.45) is 1.54. The molecule has 1 aromatic heterocycles. The zero-order chi connectivity index (χ0) is 20.9. The highest BCUT2D eigenvalue weighted by Gasteiger charge is 2.33. The summed E-state index contributed by atoms with van der Waals surface area (Å²) < 4.78 is 1.97. The fourth-order valence-corrected chi connectivity index (χ4v) is 4.50. The Labute approximate surface area is 179 Å².